The summed E-state index contributed by atoms with van der Waals surface area (Å²) in [5.74, 6) is 0.882. The summed E-state index contributed by atoms with van der Waals surface area (Å²) in [6.45, 7) is 2.71. The van der Waals surface area contributed by atoms with Crippen LogP contribution in [0.2, 0.25) is 0 Å². The fourth-order valence-electron chi connectivity index (χ4n) is 2.81. The second-order valence-corrected chi connectivity index (χ2v) is 5.66. The largest absolute Gasteiger partial charge is 0.315 e. The number of nitrogens with zero attached hydrogens (tertiary/aromatic N) is 1. The number of hydrogen-bond acceptors (Lipinski definition) is 2. The van der Waals surface area contributed by atoms with Gasteiger partial charge in [-0.05, 0) is 37.0 Å². The Hall–Kier alpha value is -0.700. The lowest BCUT2D eigenvalue weighted by molar-refractivity contribution is 0.187. The highest BCUT2D eigenvalue weighted by Gasteiger charge is 2.31. The first kappa shape index (κ1) is 12.7. The second-order valence-electron chi connectivity index (χ2n) is 5.34. The Balaban J connectivity index is 2.23. The Morgan fingerprint density at radius 2 is 2.06 bits per heavy atom. The quantitative estimate of drug-likeness (QED) is 0.820. The molecule has 1 fully saturated rings. The van der Waals surface area contributed by atoms with E-state index in [4.69, 9.17) is 0 Å². The molecule has 0 radical (unpaired) electrons. The van der Waals surface area contributed by atoms with E-state index in [1.165, 1.54) is 32.1 Å². The molecular formula is C14H21NOS. The molecule has 0 spiro atoms. The number of rotatable bonds is 3. The van der Waals surface area contributed by atoms with Crippen LogP contribution in [0.15, 0.2) is 23.1 Å². The van der Waals surface area contributed by atoms with Gasteiger partial charge in [-0.15, -0.1) is 0 Å². The van der Waals surface area contributed by atoms with Gasteiger partial charge in [0, 0.05) is 18.3 Å². The molecule has 0 atom stereocenters. The number of pyridine rings is 1. The van der Waals surface area contributed by atoms with Crippen molar-refractivity contribution in [2.75, 3.05) is 5.75 Å². The van der Waals surface area contributed by atoms with Crippen LogP contribution in [-0.4, -0.2) is 10.3 Å². The van der Waals surface area contributed by atoms with Crippen molar-refractivity contribution in [1.29, 1.82) is 0 Å². The van der Waals surface area contributed by atoms with E-state index >= 15 is 0 Å². The summed E-state index contributed by atoms with van der Waals surface area (Å²) >= 11 is 4.52. The molecule has 1 aliphatic rings. The molecule has 0 N–H and O–H groups in total. The average molecular weight is 251 g/mol. The van der Waals surface area contributed by atoms with Crippen molar-refractivity contribution in [2.24, 2.45) is 5.41 Å². The predicted octanol–water partition coefficient (Wildman–Crippen LogP) is 3.04. The molecule has 0 bridgehead atoms. The molecule has 0 aliphatic heterocycles. The maximum absolute atomic E-state index is 12.0. The van der Waals surface area contributed by atoms with Gasteiger partial charge in [-0.2, -0.15) is 12.6 Å². The van der Waals surface area contributed by atoms with Gasteiger partial charge in [0.25, 0.3) is 5.56 Å². The molecule has 94 valence electrons. The van der Waals surface area contributed by atoms with Crippen LogP contribution in [0, 0.1) is 12.3 Å². The minimum atomic E-state index is 0.152. The molecule has 0 aromatic carbocycles. The molecule has 0 amide bonds. The van der Waals surface area contributed by atoms with Crippen molar-refractivity contribution in [3.8, 4) is 0 Å². The Labute approximate surface area is 108 Å². The zero-order valence-electron chi connectivity index (χ0n) is 10.5. The lowest BCUT2D eigenvalue weighted by Crippen LogP contribution is -2.35. The van der Waals surface area contributed by atoms with Crippen LogP contribution in [0.4, 0.5) is 0 Å². The molecule has 0 unspecified atom stereocenters. The third-order valence-corrected chi connectivity index (χ3v) is 4.64. The molecule has 1 aromatic heterocycles. The molecule has 1 heterocycles. The average Bonchev–Trinajstić information content (AvgIpc) is 2.36. The van der Waals surface area contributed by atoms with E-state index in [1.54, 1.807) is 0 Å². The van der Waals surface area contributed by atoms with Crippen LogP contribution in [-0.2, 0) is 6.54 Å². The van der Waals surface area contributed by atoms with E-state index in [9.17, 15) is 4.79 Å². The fraction of sp³-hybridized carbons (Fsp3) is 0.643. The first-order valence-corrected chi connectivity index (χ1v) is 7.07. The SMILES string of the molecule is Cc1cccn(CC2(CS)CCCCC2)c1=O. The van der Waals surface area contributed by atoms with Crippen molar-refractivity contribution >= 4 is 12.6 Å². The van der Waals surface area contributed by atoms with E-state index in [-0.39, 0.29) is 11.0 Å². The number of aromatic nitrogens is 1. The lowest BCUT2D eigenvalue weighted by atomic mass is 9.75. The predicted molar refractivity (Wildman–Crippen MR) is 74.8 cm³/mol. The zero-order valence-corrected chi connectivity index (χ0v) is 11.4. The van der Waals surface area contributed by atoms with Gasteiger partial charge in [0.2, 0.25) is 0 Å². The summed E-state index contributed by atoms with van der Waals surface area (Å²) in [7, 11) is 0. The molecule has 1 saturated carbocycles. The third-order valence-electron chi connectivity index (χ3n) is 3.97. The molecule has 3 heteroatoms. The topological polar surface area (TPSA) is 22.0 Å². The van der Waals surface area contributed by atoms with E-state index in [2.05, 4.69) is 12.6 Å². The molecule has 17 heavy (non-hydrogen) atoms. The van der Waals surface area contributed by atoms with Gasteiger partial charge in [0.1, 0.15) is 0 Å². The summed E-state index contributed by atoms with van der Waals surface area (Å²) in [5.41, 5.74) is 1.22. The highest BCUT2D eigenvalue weighted by molar-refractivity contribution is 7.80. The molecule has 0 saturated heterocycles. The third kappa shape index (κ3) is 2.76. The van der Waals surface area contributed by atoms with Gasteiger partial charge in [0.15, 0.2) is 0 Å². The first-order valence-electron chi connectivity index (χ1n) is 6.44. The van der Waals surface area contributed by atoms with E-state index in [0.29, 0.717) is 0 Å². The smallest absolute Gasteiger partial charge is 0.253 e. The van der Waals surface area contributed by atoms with E-state index in [1.807, 2.05) is 29.8 Å². The Morgan fingerprint density at radius 3 is 2.71 bits per heavy atom. The van der Waals surface area contributed by atoms with Crippen molar-refractivity contribution in [3.05, 3.63) is 34.2 Å². The standard InChI is InChI=1S/C14H21NOS/c1-12-6-5-9-15(13(12)16)10-14(11-17)7-3-2-4-8-14/h5-6,9,17H,2-4,7-8,10-11H2,1H3. The minimum Gasteiger partial charge on any atom is -0.315 e. The van der Waals surface area contributed by atoms with Crippen LogP contribution in [0.3, 0.4) is 0 Å². The summed E-state index contributed by atoms with van der Waals surface area (Å²) in [5, 5.41) is 0. The van der Waals surface area contributed by atoms with Crippen LogP contribution in [0.5, 0.6) is 0 Å². The van der Waals surface area contributed by atoms with Crippen LogP contribution < -0.4 is 5.56 Å². The summed E-state index contributed by atoms with van der Waals surface area (Å²) in [6.07, 6.45) is 8.21. The van der Waals surface area contributed by atoms with Crippen molar-refractivity contribution in [1.82, 2.24) is 4.57 Å². The van der Waals surface area contributed by atoms with E-state index in [0.717, 1.165) is 17.9 Å². The van der Waals surface area contributed by atoms with Crippen molar-refractivity contribution in [2.45, 2.75) is 45.6 Å². The van der Waals surface area contributed by atoms with Crippen molar-refractivity contribution in [3.63, 3.8) is 0 Å². The van der Waals surface area contributed by atoms with Gasteiger partial charge in [-0.1, -0.05) is 25.3 Å². The summed E-state index contributed by atoms with van der Waals surface area (Å²) < 4.78 is 1.87. The second kappa shape index (κ2) is 5.30. The highest BCUT2D eigenvalue weighted by atomic mass is 32.1. The normalized spacial score (nSPS) is 19.2. The first-order chi connectivity index (χ1) is 8.17. The Morgan fingerprint density at radius 1 is 1.35 bits per heavy atom. The number of aryl methyl sites for hydroxylation is 1. The van der Waals surface area contributed by atoms with Gasteiger partial charge in [-0.3, -0.25) is 4.79 Å². The maximum atomic E-state index is 12.0. The van der Waals surface area contributed by atoms with Gasteiger partial charge in [-0.25, -0.2) is 0 Å². The number of thiol groups is 1. The van der Waals surface area contributed by atoms with Crippen LogP contribution in [0.1, 0.15) is 37.7 Å². The molecule has 2 rings (SSSR count). The maximum Gasteiger partial charge on any atom is 0.253 e. The van der Waals surface area contributed by atoms with Crippen molar-refractivity contribution < 1.29 is 0 Å². The van der Waals surface area contributed by atoms with Crippen LogP contribution >= 0.6 is 12.6 Å². The zero-order chi connectivity index (χ0) is 12.3. The minimum absolute atomic E-state index is 0.152. The van der Waals surface area contributed by atoms with Gasteiger partial charge >= 0.3 is 0 Å². The molecule has 1 aliphatic carbocycles. The van der Waals surface area contributed by atoms with E-state index < -0.39 is 0 Å². The lowest BCUT2D eigenvalue weighted by Gasteiger charge is -2.36. The number of hydrogen-bond donors (Lipinski definition) is 1. The fourth-order valence-corrected chi connectivity index (χ4v) is 3.23. The highest BCUT2D eigenvalue weighted by Crippen LogP contribution is 2.38. The molecule has 1 aromatic rings. The monoisotopic (exact) mass is 251 g/mol. The Bertz CT molecular complexity index is 432. The summed E-state index contributed by atoms with van der Waals surface area (Å²) in [6, 6.07) is 3.85. The van der Waals surface area contributed by atoms with Gasteiger partial charge in [0.05, 0.1) is 0 Å². The Kier molecular flexibility index (Phi) is 3.97. The molecular weight excluding hydrogens is 230 g/mol. The molecule has 2 nitrogen and oxygen atoms in total. The van der Waals surface area contributed by atoms with Crippen LogP contribution in [0.25, 0.3) is 0 Å². The summed E-state index contributed by atoms with van der Waals surface area (Å²) in [4.78, 5) is 12.0. The van der Waals surface area contributed by atoms with Gasteiger partial charge < -0.3 is 4.57 Å².